The Balaban J connectivity index is 0. The van der Waals surface area contributed by atoms with Crippen LogP contribution >= 0.6 is 0 Å². The molecule has 0 aromatic carbocycles. The van der Waals surface area contributed by atoms with Crippen LogP contribution in [0.25, 0.3) is 0 Å². The molecule has 4 unspecified atom stereocenters. The Morgan fingerprint density at radius 2 is 1.77 bits per heavy atom. The zero-order valence-corrected chi connectivity index (χ0v) is 21.0. The van der Waals surface area contributed by atoms with Gasteiger partial charge in [0.1, 0.15) is 13.2 Å². The van der Waals surface area contributed by atoms with Crippen LogP contribution in [0.4, 0.5) is 8.87 Å². The molecule has 2 saturated heterocycles. The fraction of sp³-hybridized carbons (Fsp3) is 0.833. The van der Waals surface area contributed by atoms with E-state index in [0.717, 1.165) is 25.4 Å². The zero-order chi connectivity index (χ0) is 26.3. The molecule has 3 aliphatic rings. The topological polar surface area (TPSA) is 128 Å². The molecule has 3 amide bonds. The number of halogens is 2. The van der Waals surface area contributed by atoms with Gasteiger partial charge >= 0.3 is 0 Å². The minimum atomic E-state index is -0.861. The van der Waals surface area contributed by atoms with Gasteiger partial charge in [0.15, 0.2) is 6.29 Å². The molecule has 206 valence electrons. The van der Waals surface area contributed by atoms with E-state index in [0.29, 0.717) is 36.6 Å². The normalized spacial score (nSPS) is 23.4. The molecule has 0 radical (unpaired) electrons. The highest BCUT2D eigenvalue weighted by Crippen LogP contribution is 2.61. The maximum Gasteiger partial charge on any atom is 0.239 e. The van der Waals surface area contributed by atoms with E-state index >= 15 is 0 Å². The first-order chi connectivity index (χ1) is 16.0. The van der Waals surface area contributed by atoms with Gasteiger partial charge in [0.2, 0.25) is 18.2 Å². The average molecular weight is 509 g/mol. The van der Waals surface area contributed by atoms with Gasteiger partial charge in [0.25, 0.3) is 0 Å². The Kier molecular flexibility index (Phi) is 18.2. The number of fused-ring (bicyclic) bond motifs is 1. The number of nitrogens with zero attached hydrogens (tertiary/aromatic N) is 1. The van der Waals surface area contributed by atoms with Crippen LogP contribution < -0.4 is 16.2 Å². The van der Waals surface area contributed by atoms with Crippen molar-refractivity contribution in [3.05, 3.63) is 0 Å². The predicted octanol–water partition coefficient (Wildman–Crippen LogP) is 1.65. The third-order valence-corrected chi connectivity index (χ3v) is 6.01. The molecular formula is C24H46F2N4O5. The van der Waals surface area contributed by atoms with Crippen LogP contribution in [-0.4, -0.2) is 80.0 Å². The molecule has 35 heavy (non-hydrogen) atoms. The highest BCUT2D eigenvalue weighted by Gasteiger charge is 2.62. The van der Waals surface area contributed by atoms with Crippen molar-refractivity contribution in [1.82, 2.24) is 21.1 Å². The molecule has 0 spiro atoms. The van der Waals surface area contributed by atoms with E-state index in [9.17, 15) is 23.3 Å². The number of hydrogen-bond donors (Lipinski definition) is 4. The lowest BCUT2D eigenvalue weighted by Crippen LogP contribution is -2.37. The number of amides is 3. The summed E-state index contributed by atoms with van der Waals surface area (Å²) in [6, 6.07) is -0.300. The molecule has 11 heteroatoms. The van der Waals surface area contributed by atoms with Crippen molar-refractivity contribution in [2.24, 2.45) is 29.1 Å². The average Bonchev–Trinajstić information content (AvgIpc) is 3.19. The highest BCUT2D eigenvalue weighted by molar-refractivity contribution is 5.80. The summed E-state index contributed by atoms with van der Waals surface area (Å²) >= 11 is 0. The Hall–Kier alpha value is -2.14. The number of carbonyl (C=O) groups is 4. The van der Waals surface area contributed by atoms with E-state index in [1.807, 2.05) is 0 Å². The summed E-state index contributed by atoms with van der Waals surface area (Å²) in [6.45, 7) is 12.1. The van der Waals surface area contributed by atoms with Gasteiger partial charge in [-0.3, -0.25) is 14.4 Å². The first-order valence-electron chi connectivity index (χ1n) is 11.7. The van der Waals surface area contributed by atoms with Crippen molar-refractivity contribution in [2.45, 2.75) is 60.9 Å². The number of nitrogens with one attached hydrogen (secondary N) is 3. The molecule has 2 aliphatic heterocycles. The maximum atomic E-state index is 11.7. The lowest BCUT2D eigenvalue weighted by atomic mass is 9.99. The fourth-order valence-corrected chi connectivity index (χ4v) is 4.01. The smallest absolute Gasteiger partial charge is 0.239 e. The second-order valence-electron chi connectivity index (χ2n) is 9.87. The summed E-state index contributed by atoms with van der Waals surface area (Å²) in [5.74, 6) is 1.97. The summed E-state index contributed by atoms with van der Waals surface area (Å²) in [5, 5.41) is 14.0. The lowest BCUT2D eigenvalue weighted by molar-refractivity contribution is -0.130. The number of carbonyl (C=O) groups excluding carboxylic acids is 4. The van der Waals surface area contributed by atoms with Crippen molar-refractivity contribution in [1.29, 1.82) is 0 Å². The van der Waals surface area contributed by atoms with E-state index in [-0.39, 0.29) is 50.6 Å². The third-order valence-electron chi connectivity index (χ3n) is 6.01. The second kappa shape index (κ2) is 18.2. The number of aldehydes is 1. The fourth-order valence-electron chi connectivity index (χ4n) is 4.01. The minimum absolute atomic E-state index is 0. The monoisotopic (exact) mass is 508 g/mol. The van der Waals surface area contributed by atoms with Crippen molar-refractivity contribution in [3.63, 3.8) is 0 Å². The van der Waals surface area contributed by atoms with E-state index < -0.39 is 6.67 Å². The number of piperidine rings is 1. The van der Waals surface area contributed by atoms with Crippen molar-refractivity contribution >= 4 is 24.5 Å². The SMILES string of the molecule is C.CC(C)C.CC1(C)C2CN(C(=O)CNF)CC21.O=CCF.O=CNC(CO)CC1CCNC1=O. The van der Waals surface area contributed by atoms with Crippen LogP contribution in [0.2, 0.25) is 0 Å². The van der Waals surface area contributed by atoms with Gasteiger partial charge in [-0.05, 0) is 36.0 Å². The summed E-state index contributed by atoms with van der Waals surface area (Å²) in [4.78, 5) is 43.0. The van der Waals surface area contributed by atoms with E-state index in [2.05, 4.69) is 45.3 Å². The van der Waals surface area contributed by atoms with Gasteiger partial charge < -0.3 is 25.4 Å². The van der Waals surface area contributed by atoms with E-state index in [1.165, 1.54) is 5.54 Å². The van der Waals surface area contributed by atoms with Gasteiger partial charge in [-0.2, -0.15) is 0 Å². The van der Waals surface area contributed by atoms with Crippen molar-refractivity contribution in [2.75, 3.05) is 39.5 Å². The van der Waals surface area contributed by atoms with Gasteiger partial charge in [-0.25, -0.2) is 4.39 Å². The van der Waals surface area contributed by atoms with Crippen LogP contribution in [0, 0.1) is 29.1 Å². The number of hydrogen-bond acceptors (Lipinski definition) is 6. The standard InChI is InChI=1S/C9H15FN2O.C8H14N2O3.C4H10.C2H3FO.CH4/c1-9(2)6-4-12(5-7(6)9)8(13)3-11-10;11-4-7(10-5-12)3-6-1-2-9-8(6)13;1-4(2)3;3-1-2-4;/h6-7,11H,3-5H2,1-2H3;5-7,11H,1-4H2,(H,9,13)(H,10,12);4H,1-3H3;2H,1H2;1H4. The summed E-state index contributed by atoms with van der Waals surface area (Å²) < 4.78 is 22.0. The molecule has 3 fully saturated rings. The summed E-state index contributed by atoms with van der Waals surface area (Å²) in [7, 11) is 0. The second-order valence-corrected chi connectivity index (χ2v) is 9.87. The highest BCUT2D eigenvalue weighted by atomic mass is 19.2. The van der Waals surface area contributed by atoms with Gasteiger partial charge in [-0.1, -0.05) is 42.0 Å². The van der Waals surface area contributed by atoms with Crippen LogP contribution in [0.3, 0.4) is 0 Å². The molecule has 1 saturated carbocycles. The van der Waals surface area contributed by atoms with Gasteiger partial charge in [0.05, 0.1) is 12.6 Å². The molecule has 4 atom stereocenters. The number of rotatable bonds is 8. The van der Waals surface area contributed by atoms with Crippen LogP contribution in [0.1, 0.15) is 54.9 Å². The molecule has 3 rings (SSSR count). The minimum Gasteiger partial charge on any atom is -0.394 e. The Bertz CT molecular complexity index is 620. The molecule has 0 aromatic heterocycles. The number of likely N-dealkylation sites (tertiary alicyclic amines) is 1. The van der Waals surface area contributed by atoms with Gasteiger partial charge in [0, 0.05) is 25.6 Å². The molecule has 2 heterocycles. The quantitative estimate of drug-likeness (QED) is 0.292. The van der Waals surface area contributed by atoms with E-state index in [4.69, 9.17) is 9.90 Å². The Morgan fingerprint density at radius 1 is 1.26 bits per heavy atom. The summed E-state index contributed by atoms with van der Waals surface area (Å²) in [5.41, 5.74) is 1.82. The number of aliphatic hydroxyl groups is 1. The lowest BCUT2D eigenvalue weighted by Gasteiger charge is -2.21. The predicted molar refractivity (Wildman–Crippen MR) is 132 cm³/mol. The van der Waals surface area contributed by atoms with Crippen LogP contribution in [0.15, 0.2) is 0 Å². The maximum absolute atomic E-state index is 11.7. The van der Waals surface area contributed by atoms with Crippen LogP contribution in [-0.2, 0) is 19.2 Å². The molecule has 0 bridgehead atoms. The molecule has 0 aromatic rings. The largest absolute Gasteiger partial charge is 0.394 e. The van der Waals surface area contributed by atoms with Crippen molar-refractivity contribution < 1.29 is 33.2 Å². The van der Waals surface area contributed by atoms with E-state index in [1.54, 1.807) is 4.90 Å². The third kappa shape index (κ3) is 12.9. The molecule has 1 aliphatic carbocycles. The first-order valence-corrected chi connectivity index (χ1v) is 11.7. The molecule has 9 nitrogen and oxygen atoms in total. The molecule has 4 N–H and O–H groups in total. The first kappa shape index (κ1) is 35.0. The van der Waals surface area contributed by atoms with Gasteiger partial charge in [-0.15, -0.1) is 10.0 Å². The Morgan fingerprint density at radius 3 is 2.11 bits per heavy atom. The van der Waals surface area contributed by atoms with Crippen LogP contribution in [0.5, 0.6) is 0 Å². The number of alkyl halides is 1. The summed E-state index contributed by atoms with van der Waals surface area (Å²) in [6.07, 6.45) is 2.06. The number of aliphatic hydroxyl groups excluding tert-OH is 1. The molecular weight excluding hydrogens is 462 g/mol. The Labute approximate surface area is 208 Å². The zero-order valence-electron chi connectivity index (χ0n) is 21.0. The van der Waals surface area contributed by atoms with Crippen molar-refractivity contribution in [3.8, 4) is 0 Å².